The third-order valence-electron chi connectivity index (χ3n) is 8.99. The van der Waals surface area contributed by atoms with Crippen LogP contribution in [0, 0.1) is 0 Å². The fourth-order valence-corrected chi connectivity index (χ4v) is 8.06. The van der Waals surface area contributed by atoms with E-state index in [-0.39, 0.29) is 30.1 Å². The van der Waals surface area contributed by atoms with Gasteiger partial charge in [0.1, 0.15) is 5.75 Å². The van der Waals surface area contributed by atoms with Gasteiger partial charge in [-0.25, -0.2) is 17.9 Å². The number of halogens is 4. The van der Waals surface area contributed by atoms with Crippen LogP contribution in [0.25, 0.3) is 10.9 Å². The first-order chi connectivity index (χ1) is 25.4. The van der Waals surface area contributed by atoms with Crippen molar-refractivity contribution in [3.8, 4) is 5.75 Å². The van der Waals surface area contributed by atoms with Crippen molar-refractivity contribution in [1.82, 2.24) is 9.29 Å². The SMILES string of the molecule is O=C(O)c1ccc(CCCc2c(CCNS(=O)(=O)Cc3ccccc3OC(F)(F)F)n(C(c3ccccc3)c3ccccc3)c3ccc(Cl)cc23)cc1. The van der Waals surface area contributed by atoms with Crippen LogP contribution in [0.2, 0.25) is 5.02 Å². The van der Waals surface area contributed by atoms with Crippen molar-refractivity contribution >= 4 is 38.5 Å². The minimum absolute atomic E-state index is 0.0331. The number of benzene rings is 5. The quantitative estimate of drug-likeness (QED) is 0.109. The van der Waals surface area contributed by atoms with Crippen molar-refractivity contribution in [2.24, 2.45) is 0 Å². The molecular formula is C41H36ClF3N2O5S. The van der Waals surface area contributed by atoms with Crippen molar-refractivity contribution in [1.29, 1.82) is 0 Å². The van der Waals surface area contributed by atoms with Crippen molar-refractivity contribution in [3.05, 3.63) is 171 Å². The van der Waals surface area contributed by atoms with Gasteiger partial charge in [-0.15, -0.1) is 13.2 Å². The predicted octanol–water partition coefficient (Wildman–Crippen LogP) is 9.37. The molecule has 0 aliphatic rings. The van der Waals surface area contributed by atoms with Crippen LogP contribution in [-0.2, 0) is 35.0 Å². The summed E-state index contributed by atoms with van der Waals surface area (Å²) in [7, 11) is -4.10. The number of carboxylic acids is 1. The van der Waals surface area contributed by atoms with Gasteiger partial charge in [0, 0.05) is 40.1 Å². The maximum absolute atomic E-state index is 13.4. The lowest BCUT2D eigenvalue weighted by Crippen LogP contribution is -2.29. The number of carboxylic acid groups (broad SMARTS) is 1. The number of aryl methyl sites for hydroxylation is 2. The van der Waals surface area contributed by atoms with Crippen molar-refractivity contribution in [2.45, 2.75) is 43.8 Å². The van der Waals surface area contributed by atoms with Gasteiger partial charge in [-0.2, -0.15) is 0 Å². The Bertz CT molecular complexity index is 2260. The maximum Gasteiger partial charge on any atom is 0.573 e. The average molecular weight is 761 g/mol. The lowest BCUT2D eigenvalue weighted by molar-refractivity contribution is -0.274. The fraction of sp³-hybridized carbons (Fsp3) is 0.195. The molecule has 1 heterocycles. The van der Waals surface area contributed by atoms with Gasteiger partial charge in [0.15, 0.2) is 0 Å². The van der Waals surface area contributed by atoms with Gasteiger partial charge in [-0.3, -0.25) is 0 Å². The zero-order valence-electron chi connectivity index (χ0n) is 28.4. The Labute approximate surface area is 310 Å². The van der Waals surface area contributed by atoms with E-state index in [2.05, 4.69) is 14.0 Å². The molecule has 53 heavy (non-hydrogen) atoms. The Morgan fingerprint density at radius 1 is 0.811 bits per heavy atom. The number of rotatable bonds is 15. The molecule has 1 aromatic heterocycles. The number of sulfonamides is 1. The number of nitrogens with one attached hydrogen (secondary N) is 1. The minimum Gasteiger partial charge on any atom is -0.478 e. The summed E-state index contributed by atoms with van der Waals surface area (Å²) < 4.78 is 74.8. The molecule has 5 aromatic carbocycles. The first-order valence-corrected chi connectivity index (χ1v) is 19.0. The number of para-hydroxylation sites is 1. The molecule has 0 saturated carbocycles. The number of ether oxygens (including phenoxy) is 1. The molecule has 274 valence electrons. The number of nitrogens with zero attached hydrogens (tertiary/aromatic N) is 1. The van der Waals surface area contributed by atoms with Crippen LogP contribution in [0.4, 0.5) is 13.2 Å². The van der Waals surface area contributed by atoms with Gasteiger partial charge in [-0.1, -0.05) is 103 Å². The van der Waals surface area contributed by atoms with Crippen LogP contribution in [-0.4, -0.2) is 37.0 Å². The number of hydrogen-bond acceptors (Lipinski definition) is 4. The maximum atomic E-state index is 13.4. The molecule has 0 spiro atoms. The number of aromatic carboxylic acids is 1. The molecule has 0 unspecified atom stereocenters. The zero-order valence-corrected chi connectivity index (χ0v) is 30.0. The summed E-state index contributed by atoms with van der Waals surface area (Å²) in [6.45, 7) is -0.0331. The first-order valence-electron chi connectivity index (χ1n) is 16.9. The Morgan fingerprint density at radius 2 is 1.43 bits per heavy atom. The largest absolute Gasteiger partial charge is 0.573 e. The topological polar surface area (TPSA) is 97.6 Å². The van der Waals surface area contributed by atoms with Crippen LogP contribution >= 0.6 is 11.6 Å². The summed E-state index contributed by atoms with van der Waals surface area (Å²) in [6.07, 6.45) is -2.75. The van der Waals surface area contributed by atoms with Gasteiger partial charge in [0.2, 0.25) is 10.0 Å². The van der Waals surface area contributed by atoms with Crippen LogP contribution in [0.3, 0.4) is 0 Å². The molecule has 0 radical (unpaired) electrons. The number of alkyl halides is 3. The highest BCUT2D eigenvalue weighted by Gasteiger charge is 2.32. The third kappa shape index (κ3) is 9.47. The van der Waals surface area contributed by atoms with Gasteiger partial charge in [0.05, 0.1) is 17.4 Å². The molecular weight excluding hydrogens is 725 g/mol. The summed E-state index contributed by atoms with van der Waals surface area (Å²) in [6, 6.07) is 37.3. The number of carbonyl (C=O) groups is 1. The summed E-state index contributed by atoms with van der Waals surface area (Å²) in [5, 5.41) is 10.8. The fourth-order valence-electron chi connectivity index (χ4n) is 6.72. The van der Waals surface area contributed by atoms with E-state index in [1.165, 1.54) is 18.2 Å². The number of hydrogen-bond donors (Lipinski definition) is 2. The second-order valence-electron chi connectivity index (χ2n) is 12.6. The minimum atomic E-state index is -4.98. The van der Waals surface area contributed by atoms with Crippen LogP contribution in [0.5, 0.6) is 5.75 Å². The molecule has 6 rings (SSSR count). The molecule has 0 atom stereocenters. The Balaban J connectivity index is 1.38. The molecule has 0 amide bonds. The Kier molecular flexibility index (Phi) is 11.6. The molecule has 0 bridgehead atoms. The molecule has 0 aliphatic carbocycles. The Morgan fingerprint density at radius 3 is 2.06 bits per heavy atom. The van der Waals surface area contributed by atoms with Crippen LogP contribution in [0.15, 0.2) is 127 Å². The molecule has 0 fully saturated rings. The van der Waals surface area contributed by atoms with E-state index < -0.39 is 33.9 Å². The average Bonchev–Trinajstić information content (AvgIpc) is 3.41. The van der Waals surface area contributed by atoms with E-state index in [0.29, 0.717) is 24.3 Å². The summed E-state index contributed by atoms with van der Waals surface area (Å²) in [5.41, 5.74) is 5.87. The monoisotopic (exact) mass is 760 g/mol. The number of aromatic nitrogens is 1. The van der Waals surface area contributed by atoms with E-state index in [1.807, 2.05) is 78.9 Å². The number of fused-ring (bicyclic) bond motifs is 1. The molecule has 7 nitrogen and oxygen atoms in total. The summed E-state index contributed by atoms with van der Waals surface area (Å²) in [5.74, 6) is -2.27. The zero-order chi connectivity index (χ0) is 37.6. The van der Waals surface area contributed by atoms with Crippen LogP contribution < -0.4 is 9.46 Å². The van der Waals surface area contributed by atoms with Gasteiger partial charge >= 0.3 is 12.3 Å². The van der Waals surface area contributed by atoms with Gasteiger partial charge in [0.25, 0.3) is 0 Å². The molecule has 0 saturated heterocycles. The van der Waals surface area contributed by atoms with Crippen molar-refractivity contribution < 1.29 is 36.2 Å². The molecule has 2 N–H and O–H groups in total. The van der Waals surface area contributed by atoms with Gasteiger partial charge < -0.3 is 14.4 Å². The Hall–Kier alpha value is -5.10. The standard InChI is InChI=1S/C41H36ClF3N2O5S/c42-33-22-23-36-35(26-33)34(16-9-10-28-18-20-31(21-19-28)40(48)49)37(47(36)39(29-11-3-1-4-12-29)30-13-5-2-6-14-30)24-25-46-53(50,51)27-32-15-7-8-17-38(32)52-41(43,44)45/h1-8,11-15,17-23,26,39,46H,9-10,16,24-25,27H2,(H,48,49). The predicted molar refractivity (Wildman–Crippen MR) is 200 cm³/mol. The normalized spacial score (nSPS) is 12.0. The third-order valence-corrected chi connectivity index (χ3v) is 10.6. The van der Waals surface area contributed by atoms with E-state index in [0.717, 1.165) is 44.9 Å². The lowest BCUT2D eigenvalue weighted by Gasteiger charge is -2.25. The summed E-state index contributed by atoms with van der Waals surface area (Å²) >= 11 is 6.60. The van der Waals surface area contributed by atoms with E-state index >= 15 is 0 Å². The van der Waals surface area contributed by atoms with Crippen LogP contribution in [0.1, 0.15) is 56.3 Å². The van der Waals surface area contributed by atoms with Crippen molar-refractivity contribution in [2.75, 3.05) is 6.54 Å². The highest BCUT2D eigenvalue weighted by molar-refractivity contribution is 7.88. The van der Waals surface area contributed by atoms with Gasteiger partial charge in [-0.05, 0) is 77.9 Å². The molecule has 6 aromatic rings. The van der Waals surface area contributed by atoms with E-state index in [1.54, 1.807) is 24.3 Å². The first kappa shape index (κ1) is 37.7. The second kappa shape index (κ2) is 16.3. The highest BCUT2D eigenvalue weighted by Crippen LogP contribution is 2.38. The highest BCUT2D eigenvalue weighted by atomic mass is 35.5. The lowest BCUT2D eigenvalue weighted by atomic mass is 9.97. The smallest absolute Gasteiger partial charge is 0.478 e. The molecule has 12 heteroatoms. The van der Waals surface area contributed by atoms with E-state index in [9.17, 15) is 31.5 Å². The molecule has 0 aliphatic heterocycles. The van der Waals surface area contributed by atoms with E-state index in [4.69, 9.17) is 11.6 Å². The summed E-state index contributed by atoms with van der Waals surface area (Å²) in [4.78, 5) is 11.4. The van der Waals surface area contributed by atoms with Crippen molar-refractivity contribution in [3.63, 3.8) is 0 Å². The second-order valence-corrected chi connectivity index (χ2v) is 14.8.